The average molecular weight is 317 g/mol. The molecule has 2 aliphatic carbocycles. The first-order valence-corrected chi connectivity index (χ1v) is 9.15. The van der Waals surface area contributed by atoms with E-state index < -0.39 is 0 Å². The van der Waals surface area contributed by atoms with Crippen LogP contribution < -0.4 is 5.32 Å². The number of imidazole rings is 1. The normalized spacial score (nSPS) is 25.0. The lowest BCUT2D eigenvalue weighted by atomic mass is 9.82. The van der Waals surface area contributed by atoms with Crippen LogP contribution in [0.5, 0.6) is 0 Å². The highest BCUT2D eigenvalue weighted by molar-refractivity contribution is 5.75. The van der Waals surface area contributed by atoms with Gasteiger partial charge < -0.3 is 9.88 Å². The van der Waals surface area contributed by atoms with Crippen LogP contribution in [0.3, 0.4) is 0 Å². The molecule has 4 aliphatic rings. The smallest absolute Gasteiger partial charge is 0.137 e. The summed E-state index contributed by atoms with van der Waals surface area (Å²) in [6.45, 7) is 3.12. The molecular weight excluding hydrogens is 294 g/mol. The molecule has 1 unspecified atom stereocenters. The predicted molar refractivity (Wildman–Crippen MR) is 98.5 cm³/mol. The van der Waals surface area contributed by atoms with Gasteiger partial charge in [0, 0.05) is 23.7 Å². The summed E-state index contributed by atoms with van der Waals surface area (Å²) in [6.07, 6.45) is 20.4. The van der Waals surface area contributed by atoms with Gasteiger partial charge in [-0.15, -0.1) is 0 Å². The van der Waals surface area contributed by atoms with Gasteiger partial charge in [-0.05, 0) is 50.4 Å². The third-order valence-corrected chi connectivity index (χ3v) is 5.64. The van der Waals surface area contributed by atoms with Gasteiger partial charge >= 0.3 is 0 Å². The van der Waals surface area contributed by atoms with E-state index in [1.165, 1.54) is 28.4 Å². The maximum absolute atomic E-state index is 5.11. The summed E-state index contributed by atoms with van der Waals surface area (Å²) >= 11 is 0. The summed E-state index contributed by atoms with van der Waals surface area (Å²) in [5.41, 5.74) is 7.12. The van der Waals surface area contributed by atoms with Gasteiger partial charge in [-0.25, -0.2) is 4.98 Å². The molecule has 122 valence electrons. The largest absolute Gasteiger partial charge is 0.324 e. The zero-order valence-corrected chi connectivity index (χ0v) is 14.0. The van der Waals surface area contributed by atoms with E-state index in [-0.39, 0.29) is 0 Å². The number of piperidine rings is 1. The predicted octanol–water partition coefficient (Wildman–Crippen LogP) is 3.66. The van der Waals surface area contributed by atoms with Gasteiger partial charge in [-0.2, -0.15) is 0 Å². The highest BCUT2D eigenvalue weighted by Gasteiger charge is 2.30. The Balaban J connectivity index is 1.74. The first kappa shape index (κ1) is 14.2. The highest BCUT2D eigenvalue weighted by atomic mass is 15.1. The van der Waals surface area contributed by atoms with Crippen LogP contribution in [-0.2, 0) is 13.0 Å². The summed E-state index contributed by atoms with van der Waals surface area (Å²) in [5.74, 6) is 1.59. The minimum Gasteiger partial charge on any atom is -0.324 e. The first-order chi connectivity index (χ1) is 11.9. The summed E-state index contributed by atoms with van der Waals surface area (Å²) in [7, 11) is 0. The van der Waals surface area contributed by atoms with Crippen LogP contribution in [0.4, 0.5) is 0 Å². The van der Waals surface area contributed by atoms with E-state index in [1.54, 1.807) is 5.57 Å². The molecule has 1 saturated heterocycles. The molecule has 1 aromatic rings. The number of allylic oxidation sites excluding steroid dienone is 8. The van der Waals surface area contributed by atoms with Gasteiger partial charge in [0.15, 0.2) is 0 Å². The van der Waals surface area contributed by atoms with Gasteiger partial charge in [-0.1, -0.05) is 42.0 Å². The van der Waals surface area contributed by atoms with E-state index in [9.17, 15) is 0 Å². The Kier molecular flexibility index (Phi) is 3.41. The summed E-state index contributed by atoms with van der Waals surface area (Å²) in [5, 5.41) is 3.50. The number of nitrogens with one attached hydrogen (secondary N) is 1. The molecule has 0 saturated carbocycles. The second-order valence-corrected chi connectivity index (χ2v) is 7.01. The van der Waals surface area contributed by atoms with Crippen molar-refractivity contribution >= 4 is 11.6 Å². The van der Waals surface area contributed by atoms with Crippen LogP contribution in [0.15, 0.2) is 47.6 Å². The number of rotatable bonds is 0. The number of hydrogen-bond acceptors (Lipinski definition) is 2. The van der Waals surface area contributed by atoms with Crippen molar-refractivity contribution in [1.82, 2.24) is 14.9 Å². The third-order valence-electron chi connectivity index (χ3n) is 5.64. The van der Waals surface area contributed by atoms with Gasteiger partial charge in [0.05, 0.1) is 5.69 Å². The van der Waals surface area contributed by atoms with E-state index in [1.807, 2.05) is 0 Å². The third kappa shape index (κ3) is 2.19. The lowest BCUT2D eigenvalue weighted by molar-refractivity contribution is 0.607. The fraction of sp³-hybridized carbons (Fsp3) is 0.381. The molecule has 1 N–H and O–H groups in total. The van der Waals surface area contributed by atoms with Crippen molar-refractivity contribution in [3.8, 4) is 0 Å². The van der Waals surface area contributed by atoms with Crippen LogP contribution in [0, 0.1) is 5.92 Å². The second-order valence-electron chi connectivity index (χ2n) is 7.01. The Morgan fingerprint density at radius 1 is 1.08 bits per heavy atom. The number of aromatic nitrogens is 2. The van der Waals surface area contributed by atoms with E-state index >= 15 is 0 Å². The standard InChI is InChI=1S/C21H23N3/c1-2-6-17-15(5-1)11-14-24-19-8-4-3-7-18(19)23-21(24)20(17)16-9-12-22-13-10-16/h1-3,5-7,11,17,22H,4,8-10,12-14H2. The molecular formula is C21H23N3. The fourth-order valence-electron chi connectivity index (χ4n) is 4.45. The Morgan fingerprint density at radius 3 is 2.92 bits per heavy atom. The first-order valence-electron chi connectivity index (χ1n) is 9.15. The monoisotopic (exact) mass is 317 g/mol. The SMILES string of the molecule is C1=CC2=CCn3c(nc4c3CCC=C4)C(=C3CCNCC3)C2C=C1. The Labute approximate surface area is 143 Å². The molecule has 5 rings (SSSR count). The van der Waals surface area contributed by atoms with Crippen molar-refractivity contribution < 1.29 is 0 Å². The minimum atomic E-state index is 0.372. The highest BCUT2D eigenvalue weighted by Crippen LogP contribution is 2.40. The van der Waals surface area contributed by atoms with Crippen LogP contribution in [-0.4, -0.2) is 22.6 Å². The maximum Gasteiger partial charge on any atom is 0.137 e. The molecule has 3 nitrogen and oxygen atoms in total. The van der Waals surface area contributed by atoms with Crippen molar-refractivity contribution in [2.45, 2.75) is 32.2 Å². The van der Waals surface area contributed by atoms with Gasteiger partial charge in [-0.3, -0.25) is 0 Å². The molecule has 0 spiro atoms. The van der Waals surface area contributed by atoms with Gasteiger partial charge in [0.1, 0.15) is 5.82 Å². The maximum atomic E-state index is 5.11. The van der Waals surface area contributed by atoms with E-state index in [2.05, 4.69) is 52.4 Å². The molecule has 0 bridgehead atoms. The van der Waals surface area contributed by atoms with Gasteiger partial charge in [0.25, 0.3) is 0 Å². The molecule has 24 heavy (non-hydrogen) atoms. The molecule has 2 aliphatic heterocycles. The molecule has 0 radical (unpaired) electrons. The van der Waals surface area contributed by atoms with Crippen LogP contribution in [0.2, 0.25) is 0 Å². The average Bonchev–Trinajstić information content (AvgIpc) is 2.92. The topological polar surface area (TPSA) is 29.9 Å². The second kappa shape index (κ2) is 5.75. The Hall–Kier alpha value is -2.13. The van der Waals surface area contributed by atoms with E-state index in [0.29, 0.717) is 5.92 Å². The number of fused-ring (bicyclic) bond motifs is 4. The van der Waals surface area contributed by atoms with Crippen LogP contribution >= 0.6 is 0 Å². The molecule has 0 aromatic carbocycles. The fourth-order valence-corrected chi connectivity index (χ4v) is 4.45. The van der Waals surface area contributed by atoms with Crippen molar-refractivity contribution in [1.29, 1.82) is 0 Å². The Bertz CT molecular complexity index is 822. The van der Waals surface area contributed by atoms with Crippen molar-refractivity contribution in [3.05, 3.63) is 64.8 Å². The molecule has 3 heteroatoms. The van der Waals surface area contributed by atoms with Crippen LogP contribution in [0.25, 0.3) is 11.6 Å². The molecule has 3 heterocycles. The lowest BCUT2D eigenvalue weighted by Crippen LogP contribution is -2.25. The summed E-state index contributed by atoms with van der Waals surface area (Å²) in [4.78, 5) is 5.11. The van der Waals surface area contributed by atoms with Crippen LogP contribution in [0.1, 0.15) is 36.5 Å². The minimum absolute atomic E-state index is 0.372. The van der Waals surface area contributed by atoms with Crippen molar-refractivity contribution in [2.75, 3.05) is 13.1 Å². The van der Waals surface area contributed by atoms with E-state index in [4.69, 9.17) is 4.98 Å². The van der Waals surface area contributed by atoms with Crippen molar-refractivity contribution in [2.24, 2.45) is 5.92 Å². The van der Waals surface area contributed by atoms with E-state index in [0.717, 1.165) is 45.3 Å². The summed E-state index contributed by atoms with van der Waals surface area (Å²) in [6, 6.07) is 0. The molecule has 1 fully saturated rings. The summed E-state index contributed by atoms with van der Waals surface area (Å²) < 4.78 is 2.48. The molecule has 1 atom stereocenters. The molecule has 1 aromatic heterocycles. The zero-order chi connectivity index (χ0) is 15.9. The zero-order valence-electron chi connectivity index (χ0n) is 14.0. The lowest BCUT2D eigenvalue weighted by Gasteiger charge is -2.25. The van der Waals surface area contributed by atoms with Gasteiger partial charge in [0.2, 0.25) is 0 Å². The molecule has 0 amide bonds. The number of nitrogens with zero attached hydrogens (tertiary/aromatic N) is 2. The van der Waals surface area contributed by atoms with Crippen molar-refractivity contribution in [3.63, 3.8) is 0 Å². The number of hydrogen-bond donors (Lipinski definition) is 1. The Morgan fingerprint density at radius 2 is 2.00 bits per heavy atom. The quantitative estimate of drug-likeness (QED) is 0.791.